The van der Waals surface area contributed by atoms with Crippen LogP contribution in [0.5, 0.6) is 5.75 Å². The Hall–Kier alpha value is -1.36. The Kier molecular flexibility index (Phi) is 5.69. The van der Waals surface area contributed by atoms with Crippen LogP contribution < -0.4 is 10.1 Å². The third-order valence-electron chi connectivity index (χ3n) is 1.97. The van der Waals surface area contributed by atoms with Gasteiger partial charge in [0.1, 0.15) is 5.75 Å². The number of alkyl halides is 2. The molecular weight excluding hydrogens is 228 g/mol. The Morgan fingerprint density at radius 3 is 2.59 bits per heavy atom. The zero-order chi connectivity index (χ0) is 12.7. The van der Waals surface area contributed by atoms with Crippen molar-refractivity contribution >= 4 is 5.69 Å². The molecule has 1 N–H and O–H groups in total. The molecule has 0 atom stereocenters. The van der Waals surface area contributed by atoms with E-state index in [-0.39, 0.29) is 11.9 Å². The molecule has 0 amide bonds. The molecule has 3 nitrogen and oxygen atoms in total. The van der Waals surface area contributed by atoms with Crippen LogP contribution >= 0.6 is 0 Å². The van der Waals surface area contributed by atoms with E-state index >= 15 is 0 Å². The molecule has 0 spiro atoms. The lowest BCUT2D eigenvalue weighted by molar-refractivity contribution is -0.0493. The summed E-state index contributed by atoms with van der Waals surface area (Å²) in [5.74, 6) is 0.145. The average molecular weight is 245 g/mol. The molecule has 0 fully saturated rings. The molecule has 17 heavy (non-hydrogen) atoms. The summed E-state index contributed by atoms with van der Waals surface area (Å²) in [6.45, 7) is 2.12. The largest absolute Gasteiger partial charge is 0.433 e. The standard InChI is InChI=1S/C12H17F2NO2/c1-9(2)16-8-7-15-10-5-3-4-6-11(10)17-12(13)14/h3-6,9,12,15H,7-8H2,1-2H3. The highest BCUT2D eigenvalue weighted by Crippen LogP contribution is 2.25. The SMILES string of the molecule is CC(C)OCCNc1ccccc1OC(F)F. The van der Waals surface area contributed by atoms with E-state index in [4.69, 9.17) is 4.74 Å². The molecule has 0 aliphatic heterocycles. The van der Waals surface area contributed by atoms with Gasteiger partial charge in [0.05, 0.1) is 18.4 Å². The van der Waals surface area contributed by atoms with Crippen LogP contribution in [-0.2, 0) is 4.74 Å². The summed E-state index contributed by atoms with van der Waals surface area (Å²) in [6.07, 6.45) is 0.157. The zero-order valence-corrected chi connectivity index (χ0v) is 9.95. The third kappa shape index (κ3) is 5.49. The topological polar surface area (TPSA) is 30.5 Å². The molecule has 0 aromatic heterocycles. The van der Waals surface area contributed by atoms with E-state index < -0.39 is 6.61 Å². The smallest absolute Gasteiger partial charge is 0.387 e. The van der Waals surface area contributed by atoms with Gasteiger partial charge in [-0.1, -0.05) is 12.1 Å². The lowest BCUT2D eigenvalue weighted by Gasteiger charge is -2.13. The van der Waals surface area contributed by atoms with Crippen LogP contribution in [0.1, 0.15) is 13.8 Å². The van der Waals surface area contributed by atoms with E-state index in [0.29, 0.717) is 18.8 Å². The summed E-state index contributed by atoms with van der Waals surface area (Å²) in [4.78, 5) is 0. The Morgan fingerprint density at radius 1 is 1.24 bits per heavy atom. The zero-order valence-electron chi connectivity index (χ0n) is 9.95. The molecule has 1 rings (SSSR count). The van der Waals surface area contributed by atoms with Gasteiger partial charge in [-0.15, -0.1) is 0 Å². The van der Waals surface area contributed by atoms with Crippen LogP contribution in [0.15, 0.2) is 24.3 Å². The lowest BCUT2D eigenvalue weighted by Crippen LogP contribution is -2.14. The highest BCUT2D eigenvalue weighted by molar-refractivity contribution is 5.56. The molecule has 0 heterocycles. The van der Waals surface area contributed by atoms with E-state index in [1.54, 1.807) is 18.2 Å². The molecular formula is C12H17F2NO2. The molecule has 0 bridgehead atoms. The van der Waals surface area contributed by atoms with Crippen molar-refractivity contribution in [3.8, 4) is 5.75 Å². The Labute approximate surface area is 99.7 Å². The number of benzene rings is 1. The number of halogens is 2. The number of hydrogen-bond donors (Lipinski definition) is 1. The van der Waals surface area contributed by atoms with Gasteiger partial charge >= 0.3 is 6.61 Å². The predicted octanol–water partition coefficient (Wildman–Crippen LogP) is 3.12. The van der Waals surface area contributed by atoms with Crippen LogP contribution in [0.3, 0.4) is 0 Å². The molecule has 1 aromatic carbocycles. The first kappa shape index (κ1) is 13.7. The van der Waals surface area contributed by atoms with Gasteiger partial charge in [-0.25, -0.2) is 0 Å². The van der Waals surface area contributed by atoms with Crippen molar-refractivity contribution < 1.29 is 18.3 Å². The van der Waals surface area contributed by atoms with Gasteiger partial charge in [0.2, 0.25) is 0 Å². The molecule has 96 valence electrons. The second kappa shape index (κ2) is 7.06. The maximum Gasteiger partial charge on any atom is 0.387 e. The van der Waals surface area contributed by atoms with Crippen molar-refractivity contribution in [2.45, 2.75) is 26.6 Å². The first-order valence-electron chi connectivity index (χ1n) is 5.49. The van der Waals surface area contributed by atoms with Gasteiger partial charge in [-0.2, -0.15) is 8.78 Å². The Bertz CT molecular complexity index is 332. The normalized spacial score (nSPS) is 10.9. The maximum atomic E-state index is 12.1. The minimum atomic E-state index is -2.81. The van der Waals surface area contributed by atoms with Gasteiger partial charge in [0.25, 0.3) is 0 Å². The Morgan fingerprint density at radius 2 is 1.94 bits per heavy atom. The van der Waals surface area contributed by atoms with Crippen molar-refractivity contribution in [2.24, 2.45) is 0 Å². The molecule has 1 aromatic rings. The van der Waals surface area contributed by atoms with Gasteiger partial charge in [0, 0.05) is 6.54 Å². The van der Waals surface area contributed by atoms with Crippen LogP contribution in [0.25, 0.3) is 0 Å². The second-order valence-electron chi connectivity index (χ2n) is 3.72. The minimum Gasteiger partial charge on any atom is -0.433 e. The number of ether oxygens (including phenoxy) is 2. The number of hydrogen-bond acceptors (Lipinski definition) is 3. The van der Waals surface area contributed by atoms with Gasteiger partial charge in [0.15, 0.2) is 0 Å². The van der Waals surface area contributed by atoms with Crippen molar-refractivity contribution in [1.29, 1.82) is 0 Å². The first-order chi connectivity index (χ1) is 8.09. The molecule has 5 heteroatoms. The van der Waals surface area contributed by atoms with E-state index in [2.05, 4.69) is 10.1 Å². The quantitative estimate of drug-likeness (QED) is 0.749. The average Bonchev–Trinajstić information content (AvgIpc) is 2.25. The van der Waals surface area contributed by atoms with E-state index in [1.165, 1.54) is 6.07 Å². The lowest BCUT2D eigenvalue weighted by atomic mass is 10.3. The van der Waals surface area contributed by atoms with Crippen LogP contribution in [0.2, 0.25) is 0 Å². The highest BCUT2D eigenvalue weighted by Gasteiger charge is 2.08. The molecule has 0 radical (unpaired) electrons. The monoisotopic (exact) mass is 245 g/mol. The third-order valence-corrected chi connectivity index (χ3v) is 1.97. The summed E-state index contributed by atoms with van der Waals surface area (Å²) in [5, 5.41) is 2.99. The van der Waals surface area contributed by atoms with E-state index in [1.807, 2.05) is 13.8 Å². The van der Waals surface area contributed by atoms with Crippen LogP contribution in [-0.4, -0.2) is 25.9 Å². The van der Waals surface area contributed by atoms with Crippen LogP contribution in [0.4, 0.5) is 14.5 Å². The van der Waals surface area contributed by atoms with Crippen molar-refractivity contribution in [3.05, 3.63) is 24.3 Å². The summed E-state index contributed by atoms with van der Waals surface area (Å²) < 4.78 is 34.0. The van der Waals surface area contributed by atoms with Crippen molar-refractivity contribution in [2.75, 3.05) is 18.5 Å². The molecule has 0 saturated heterocycles. The number of anilines is 1. The van der Waals surface area contributed by atoms with Gasteiger partial charge < -0.3 is 14.8 Å². The predicted molar refractivity (Wildman–Crippen MR) is 62.7 cm³/mol. The molecule has 0 saturated carbocycles. The summed E-state index contributed by atoms with van der Waals surface area (Å²) in [7, 11) is 0. The summed E-state index contributed by atoms with van der Waals surface area (Å²) in [6, 6.07) is 6.59. The summed E-state index contributed by atoms with van der Waals surface area (Å²) >= 11 is 0. The van der Waals surface area contributed by atoms with Gasteiger partial charge in [-0.05, 0) is 26.0 Å². The fourth-order valence-electron chi connectivity index (χ4n) is 1.29. The number of nitrogens with one attached hydrogen (secondary N) is 1. The number of rotatable bonds is 7. The van der Waals surface area contributed by atoms with Gasteiger partial charge in [-0.3, -0.25) is 0 Å². The molecule has 0 aliphatic carbocycles. The van der Waals surface area contributed by atoms with Crippen LogP contribution in [0, 0.1) is 0 Å². The first-order valence-corrected chi connectivity index (χ1v) is 5.49. The second-order valence-corrected chi connectivity index (χ2v) is 3.72. The van der Waals surface area contributed by atoms with E-state index in [9.17, 15) is 8.78 Å². The highest BCUT2D eigenvalue weighted by atomic mass is 19.3. The summed E-state index contributed by atoms with van der Waals surface area (Å²) in [5.41, 5.74) is 0.542. The molecule has 0 unspecified atom stereocenters. The number of para-hydroxylation sites is 2. The van der Waals surface area contributed by atoms with Crippen molar-refractivity contribution in [3.63, 3.8) is 0 Å². The van der Waals surface area contributed by atoms with Crippen molar-refractivity contribution in [1.82, 2.24) is 0 Å². The molecule has 0 aliphatic rings. The fraction of sp³-hybridized carbons (Fsp3) is 0.500. The van der Waals surface area contributed by atoms with E-state index in [0.717, 1.165) is 0 Å². The minimum absolute atomic E-state index is 0.145. The Balaban J connectivity index is 2.46. The fourth-order valence-corrected chi connectivity index (χ4v) is 1.29. The maximum absolute atomic E-state index is 12.1.